The number of fused-ring (bicyclic) bond motifs is 1. The van der Waals surface area contributed by atoms with Crippen LogP contribution >= 0.6 is 0 Å². The van der Waals surface area contributed by atoms with Crippen LogP contribution in [0.3, 0.4) is 0 Å². The fraction of sp³-hybridized carbons (Fsp3) is 0.385. The van der Waals surface area contributed by atoms with Gasteiger partial charge in [0, 0.05) is 13.1 Å². The number of carbonyl (C=O) groups is 1. The molecule has 2 rings (SSSR count). The summed E-state index contributed by atoms with van der Waals surface area (Å²) in [6.07, 6.45) is 0. The third-order valence-corrected chi connectivity index (χ3v) is 3.13. The molecule has 0 atom stereocenters. The second-order valence-electron chi connectivity index (χ2n) is 4.79. The largest absolute Gasteiger partial charge is 0.478 e. The van der Waals surface area contributed by atoms with E-state index in [0.717, 1.165) is 17.9 Å². The van der Waals surface area contributed by atoms with E-state index in [1.165, 1.54) is 0 Å². The van der Waals surface area contributed by atoms with Crippen LogP contribution < -0.4 is 10.2 Å². The van der Waals surface area contributed by atoms with Crippen LogP contribution in [0, 0.1) is 11.3 Å². The van der Waals surface area contributed by atoms with E-state index in [0.29, 0.717) is 6.54 Å². The van der Waals surface area contributed by atoms with Crippen LogP contribution in [0.4, 0.5) is 11.4 Å². The monoisotopic (exact) mass is 245 g/mol. The predicted molar refractivity (Wildman–Crippen MR) is 68.9 cm³/mol. The molecule has 94 valence electrons. The summed E-state index contributed by atoms with van der Waals surface area (Å²) in [5.41, 5.74) is 1.28. The van der Waals surface area contributed by atoms with E-state index in [2.05, 4.69) is 11.4 Å². The highest BCUT2D eigenvalue weighted by atomic mass is 16.4. The van der Waals surface area contributed by atoms with Crippen LogP contribution in [0.2, 0.25) is 0 Å². The molecule has 0 saturated carbocycles. The van der Waals surface area contributed by atoms with Crippen molar-refractivity contribution in [2.45, 2.75) is 19.4 Å². The number of aromatic carboxylic acids is 1. The van der Waals surface area contributed by atoms with E-state index < -0.39 is 11.5 Å². The highest BCUT2D eigenvalue weighted by Crippen LogP contribution is 2.34. The quantitative estimate of drug-likeness (QED) is 0.832. The molecule has 1 aromatic carbocycles. The van der Waals surface area contributed by atoms with E-state index in [-0.39, 0.29) is 5.56 Å². The summed E-state index contributed by atoms with van der Waals surface area (Å²) >= 11 is 0. The number of carboxylic acid groups (broad SMARTS) is 1. The Balaban J connectivity index is 2.46. The van der Waals surface area contributed by atoms with Crippen LogP contribution in [0.1, 0.15) is 24.2 Å². The number of hydrogen-bond acceptors (Lipinski definition) is 4. The Kier molecular flexibility index (Phi) is 2.87. The number of anilines is 2. The van der Waals surface area contributed by atoms with Crippen LogP contribution in [-0.2, 0) is 0 Å². The van der Waals surface area contributed by atoms with Gasteiger partial charge >= 0.3 is 5.97 Å². The first-order chi connectivity index (χ1) is 8.45. The first kappa shape index (κ1) is 12.2. The number of hydrogen-bond donors (Lipinski definition) is 2. The zero-order chi connectivity index (χ0) is 13.3. The Morgan fingerprint density at radius 1 is 1.56 bits per heavy atom. The van der Waals surface area contributed by atoms with Crippen molar-refractivity contribution in [1.82, 2.24) is 0 Å². The van der Waals surface area contributed by atoms with Crippen molar-refractivity contribution in [3.8, 4) is 6.07 Å². The average molecular weight is 245 g/mol. The maximum atomic E-state index is 10.9. The maximum Gasteiger partial charge on any atom is 0.335 e. The number of benzene rings is 1. The van der Waals surface area contributed by atoms with Crippen LogP contribution in [-0.4, -0.2) is 29.7 Å². The number of rotatable bonds is 2. The Morgan fingerprint density at radius 2 is 2.28 bits per heavy atom. The highest BCUT2D eigenvalue weighted by molar-refractivity contribution is 5.91. The third-order valence-electron chi connectivity index (χ3n) is 3.13. The summed E-state index contributed by atoms with van der Waals surface area (Å²) in [6, 6.07) is 7.20. The second kappa shape index (κ2) is 4.22. The highest BCUT2D eigenvalue weighted by Gasteiger charge is 2.30. The zero-order valence-corrected chi connectivity index (χ0v) is 10.4. The number of nitrogens with one attached hydrogen (secondary N) is 1. The number of carboxylic acids is 1. The van der Waals surface area contributed by atoms with Gasteiger partial charge < -0.3 is 15.3 Å². The molecule has 0 amide bonds. The average Bonchev–Trinajstić information content (AvgIpc) is 2.37. The minimum Gasteiger partial charge on any atom is -0.478 e. The SMILES string of the molecule is CC(C)(C#N)N1CCNc2cc(C(=O)O)ccc21. The molecule has 0 fully saturated rings. The molecule has 0 bridgehead atoms. The minimum absolute atomic E-state index is 0.248. The second-order valence-corrected chi connectivity index (χ2v) is 4.79. The molecule has 5 heteroatoms. The van der Waals surface area contributed by atoms with E-state index in [1.54, 1.807) is 18.2 Å². The standard InChI is InChI=1S/C13H15N3O2/c1-13(2,8-14)16-6-5-15-10-7-9(12(17)18)3-4-11(10)16/h3-4,7,15H,5-6H2,1-2H3,(H,17,18). The maximum absolute atomic E-state index is 10.9. The van der Waals surface area contributed by atoms with Crippen molar-refractivity contribution in [2.24, 2.45) is 0 Å². The van der Waals surface area contributed by atoms with Crippen molar-refractivity contribution in [3.63, 3.8) is 0 Å². The normalized spacial score (nSPS) is 14.4. The van der Waals surface area contributed by atoms with Crippen LogP contribution in [0.15, 0.2) is 18.2 Å². The summed E-state index contributed by atoms with van der Waals surface area (Å²) in [5.74, 6) is -0.948. The van der Waals surface area contributed by atoms with Gasteiger partial charge in [0.05, 0.1) is 23.0 Å². The first-order valence-electron chi connectivity index (χ1n) is 5.76. The van der Waals surface area contributed by atoms with Gasteiger partial charge in [-0.25, -0.2) is 4.79 Å². The summed E-state index contributed by atoms with van der Waals surface area (Å²) in [5, 5.41) is 21.3. The van der Waals surface area contributed by atoms with Crippen molar-refractivity contribution < 1.29 is 9.90 Å². The van der Waals surface area contributed by atoms with Gasteiger partial charge in [-0.15, -0.1) is 0 Å². The molecular formula is C13H15N3O2. The van der Waals surface area contributed by atoms with Crippen LogP contribution in [0.5, 0.6) is 0 Å². The van der Waals surface area contributed by atoms with Gasteiger partial charge in [-0.3, -0.25) is 0 Å². The molecule has 1 heterocycles. The van der Waals surface area contributed by atoms with Gasteiger partial charge in [0.15, 0.2) is 0 Å². The lowest BCUT2D eigenvalue weighted by Gasteiger charge is -2.39. The first-order valence-corrected chi connectivity index (χ1v) is 5.76. The van der Waals surface area contributed by atoms with Gasteiger partial charge in [0.1, 0.15) is 5.54 Å². The van der Waals surface area contributed by atoms with Crippen molar-refractivity contribution >= 4 is 17.3 Å². The third kappa shape index (κ3) is 1.97. The van der Waals surface area contributed by atoms with Gasteiger partial charge in [0.25, 0.3) is 0 Å². The Labute approximate surface area is 106 Å². The molecule has 1 aromatic rings. The van der Waals surface area contributed by atoms with Gasteiger partial charge in [-0.1, -0.05) is 0 Å². The molecule has 0 aliphatic carbocycles. The number of nitriles is 1. The van der Waals surface area contributed by atoms with Gasteiger partial charge in [0.2, 0.25) is 0 Å². The summed E-state index contributed by atoms with van der Waals surface area (Å²) in [6.45, 7) is 5.13. The van der Waals surface area contributed by atoms with E-state index >= 15 is 0 Å². The minimum atomic E-state index is -0.948. The number of nitrogens with zero attached hydrogens (tertiary/aromatic N) is 2. The zero-order valence-electron chi connectivity index (χ0n) is 10.4. The summed E-state index contributed by atoms with van der Waals surface area (Å²) in [4.78, 5) is 12.9. The topological polar surface area (TPSA) is 76.4 Å². The molecule has 0 aromatic heterocycles. The molecule has 5 nitrogen and oxygen atoms in total. The molecule has 0 radical (unpaired) electrons. The van der Waals surface area contributed by atoms with Crippen molar-refractivity contribution in [1.29, 1.82) is 5.26 Å². The molecule has 18 heavy (non-hydrogen) atoms. The molecular weight excluding hydrogens is 230 g/mol. The van der Waals surface area contributed by atoms with E-state index in [9.17, 15) is 10.1 Å². The Morgan fingerprint density at radius 3 is 2.89 bits per heavy atom. The predicted octanol–water partition coefficient (Wildman–Crippen LogP) is 1.92. The lowest BCUT2D eigenvalue weighted by molar-refractivity contribution is 0.0697. The summed E-state index contributed by atoms with van der Waals surface area (Å²) < 4.78 is 0. The van der Waals surface area contributed by atoms with Crippen molar-refractivity contribution in [3.05, 3.63) is 23.8 Å². The van der Waals surface area contributed by atoms with Crippen molar-refractivity contribution in [2.75, 3.05) is 23.3 Å². The molecule has 2 N–H and O–H groups in total. The fourth-order valence-corrected chi connectivity index (χ4v) is 2.11. The fourth-order valence-electron chi connectivity index (χ4n) is 2.11. The molecule has 0 saturated heterocycles. The molecule has 0 spiro atoms. The molecule has 1 aliphatic heterocycles. The summed E-state index contributed by atoms with van der Waals surface area (Å²) in [7, 11) is 0. The Hall–Kier alpha value is -2.22. The lowest BCUT2D eigenvalue weighted by Crippen LogP contribution is -2.47. The smallest absolute Gasteiger partial charge is 0.335 e. The molecule has 1 aliphatic rings. The Bertz CT molecular complexity index is 532. The lowest BCUT2D eigenvalue weighted by atomic mass is 10.0. The van der Waals surface area contributed by atoms with Gasteiger partial charge in [-0.2, -0.15) is 5.26 Å². The van der Waals surface area contributed by atoms with Gasteiger partial charge in [-0.05, 0) is 32.0 Å². The molecule has 0 unspecified atom stereocenters. The van der Waals surface area contributed by atoms with E-state index in [1.807, 2.05) is 18.7 Å². The van der Waals surface area contributed by atoms with Crippen LogP contribution in [0.25, 0.3) is 0 Å². The van der Waals surface area contributed by atoms with E-state index in [4.69, 9.17) is 5.11 Å².